The van der Waals surface area contributed by atoms with Crippen LogP contribution in [-0.4, -0.2) is 102 Å². The van der Waals surface area contributed by atoms with E-state index in [-0.39, 0.29) is 34.3 Å². The van der Waals surface area contributed by atoms with Gasteiger partial charge in [0.2, 0.25) is 5.82 Å². The number of esters is 2. The van der Waals surface area contributed by atoms with Gasteiger partial charge in [-0.15, -0.1) is 0 Å². The predicted molar refractivity (Wildman–Crippen MR) is 241 cm³/mol. The van der Waals surface area contributed by atoms with Crippen LogP contribution in [0.5, 0.6) is 0 Å². The van der Waals surface area contributed by atoms with Crippen LogP contribution in [0, 0.1) is 0 Å². The molecule has 5 heterocycles. The van der Waals surface area contributed by atoms with Crippen LogP contribution in [0.1, 0.15) is 92.7 Å². The largest absolute Gasteiger partial charge is 0.451 e. The van der Waals surface area contributed by atoms with Gasteiger partial charge in [-0.1, -0.05) is 103 Å². The van der Waals surface area contributed by atoms with Crippen LogP contribution in [0.3, 0.4) is 0 Å². The first-order valence-electron chi connectivity index (χ1n) is 22.1. The summed E-state index contributed by atoms with van der Waals surface area (Å²) >= 11 is 0. The van der Waals surface area contributed by atoms with Gasteiger partial charge in [0.1, 0.15) is 6.33 Å². The Balaban J connectivity index is 1.12. The zero-order valence-corrected chi connectivity index (χ0v) is 36.0. The molecule has 16 nitrogen and oxygen atoms in total. The summed E-state index contributed by atoms with van der Waals surface area (Å²) in [5, 5.41) is 11.2. The Morgan fingerprint density at radius 3 is 1.94 bits per heavy atom. The number of aromatic nitrogens is 7. The highest BCUT2D eigenvalue weighted by Crippen LogP contribution is 2.43. The van der Waals surface area contributed by atoms with Crippen molar-refractivity contribution in [1.82, 2.24) is 44.5 Å². The van der Waals surface area contributed by atoms with E-state index in [1.54, 1.807) is 76.2 Å². The fraction of sp³-hybridized carbons (Fsp3) is 0.306. The standard InChI is InChI=1S/C49H50N10O6/c1-2-58-31-53-43(56-58)40-39(64-48(61)35-22-12-5-13-23-35)41(65-49(62)36-24-14-6-15-25-36)47(63-40)59-32-52-38-42(51-30-37(33-18-8-3-9-19-33)34-20-10-4-11-21-34)54-44(55-45(38)59)46(60)50-26-29-57-27-16-7-17-28-57/h3-6,8-15,18-25,31-32,37,39-41,47H,2,7,16-17,26-30H2,1H3,(H,50,60)(H,51,54,55). The van der Waals surface area contributed by atoms with Crippen LogP contribution in [0.4, 0.5) is 5.82 Å². The molecule has 0 radical (unpaired) electrons. The van der Waals surface area contributed by atoms with Gasteiger partial charge in [0.25, 0.3) is 5.91 Å². The molecule has 1 amide bonds. The van der Waals surface area contributed by atoms with Gasteiger partial charge in [-0.25, -0.2) is 29.5 Å². The number of nitrogens with one attached hydrogen (secondary N) is 2. The van der Waals surface area contributed by atoms with Crippen LogP contribution in [-0.2, 0) is 20.8 Å². The number of benzene rings is 4. The smallest absolute Gasteiger partial charge is 0.338 e. The first kappa shape index (κ1) is 43.0. The third-order valence-electron chi connectivity index (χ3n) is 11.8. The molecule has 4 aromatic carbocycles. The van der Waals surface area contributed by atoms with Crippen LogP contribution >= 0.6 is 0 Å². The van der Waals surface area contributed by atoms with Crippen LogP contribution in [0.25, 0.3) is 11.2 Å². The van der Waals surface area contributed by atoms with Crippen molar-refractivity contribution in [2.45, 2.75) is 63.2 Å². The maximum absolute atomic E-state index is 14.1. The van der Waals surface area contributed by atoms with Gasteiger partial charge in [-0.3, -0.25) is 14.0 Å². The number of imidazole rings is 1. The van der Waals surface area contributed by atoms with Crippen molar-refractivity contribution in [3.05, 3.63) is 168 Å². The number of carbonyl (C=O) groups excluding carboxylic acids is 3. The van der Waals surface area contributed by atoms with E-state index in [0.717, 1.165) is 37.1 Å². The molecule has 0 spiro atoms. The van der Waals surface area contributed by atoms with E-state index in [1.165, 1.54) is 12.7 Å². The molecule has 0 aliphatic carbocycles. The maximum Gasteiger partial charge on any atom is 0.338 e. The highest BCUT2D eigenvalue weighted by molar-refractivity contribution is 5.94. The molecular formula is C49H50N10O6. The summed E-state index contributed by atoms with van der Waals surface area (Å²) in [4.78, 5) is 63.2. The first-order valence-corrected chi connectivity index (χ1v) is 22.1. The lowest BCUT2D eigenvalue weighted by Gasteiger charge is -2.26. The summed E-state index contributed by atoms with van der Waals surface area (Å²) in [7, 11) is 0. The normalized spacial score (nSPS) is 18.7. The molecule has 4 unspecified atom stereocenters. The first-order chi connectivity index (χ1) is 31.9. The number of rotatable bonds is 16. The Bertz CT molecular complexity index is 2650. The van der Waals surface area contributed by atoms with Gasteiger partial charge in [-0.05, 0) is 68.2 Å². The van der Waals surface area contributed by atoms with Crippen molar-refractivity contribution >= 4 is 34.8 Å². The molecular weight excluding hydrogens is 825 g/mol. The minimum atomic E-state index is -1.29. The average molecular weight is 875 g/mol. The van der Waals surface area contributed by atoms with Crippen LogP contribution in [0.15, 0.2) is 134 Å². The number of carbonyl (C=O) groups is 3. The van der Waals surface area contributed by atoms with Gasteiger partial charge >= 0.3 is 11.9 Å². The fourth-order valence-electron chi connectivity index (χ4n) is 8.36. The lowest BCUT2D eigenvalue weighted by Crippen LogP contribution is -2.38. The van der Waals surface area contributed by atoms with E-state index in [1.807, 2.05) is 43.3 Å². The van der Waals surface area contributed by atoms with E-state index in [2.05, 4.69) is 49.9 Å². The van der Waals surface area contributed by atoms with E-state index in [9.17, 15) is 14.4 Å². The van der Waals surface area contributed by atoms with E-state index in [0.29, 0.717) is 37.5 Å². The molecule has 332 valence electrons. The highest BCUT2D eigenvalue weighted by Gasteiger charge is 2.53. The highest BCUT2D eigenvalue weighted by atomic mass is 16.6. The molecule has 3 aromatic heterocycles. The Morgan fingerprint density at radius 2 is 1.34 bits per heavy atom. The average Bonchev–Trinajstić information content (AvgIpc) is 4.11. The number of ether oxygens (including phenoxy) is 3. The monoisotopic (exact) mass is 874 g/mol. The summed E-state index contributed by atoms with van der Waals surface area (Å²) in [6.45, 7) is 5.91. The second-order valence-electron chi connectivity index (χ2n) is 16.0. The number of aryl methyl sites for hydroxylation is 1. The molecule has 9 rings (SSSR count). The number of anilines is 1. The second kappa shape index (κ2) is 20.0. The summed E-state index contributed by atoms with van der Waals surface area (Å²) < 4.78 is 22.6. The molecule has 0 saturated carbocycles. The Morgan fingerprint density at radius 1 is 0.738 bits per heavy atom. The van der Waals surface area contributed by atoms with Crippen molar-refractivity contribution in [3.8, 4) is 0 Å². The fourth-order valence-corrected chi connectivity index (χ4v) is 8.36. The van der Waals surface area contributed by atoms with Gasteiger partial charge in [0.15, 0.2) is 47.3 Å². The van der Waals surface area contributed by atoms with Gasteiger partial charge in [0.05, 0.1) is 17.5 Å². The van der Waals surface area contributed by atoms with Crippen molar-refractivity contribution in [2.75, 3.05) is 38.0 Å². The lowest BCUT2D eigenvalue weighted by molar-refractivity contribution is -0.0498. The Hall–Kier alpha value is -7.30. The van der Waals surface area contributed by atoms with Gasteiger partial charge < -0.3 is 29.7 Å². The molecule has 2 fully saturated rings. The van der Waals surface area contributed by atoms with Crippen molar-refractivity contribution < 1.29 is 28.6 Å². The summed E-state index contributed by atoms with van der Waals surface area (Å²) in [5.74, 6) is -1.48. The number of piperidine rings is 1. The molecule has 7 aromatic rings. The van der Waals surface area contributed by atoms with Crippen molar-refractivity contribution in [1.29, 1.82) is 0 Å². The molecule has 2 aliphatic heterocycles. The Labute approximate surface area is 376 Å². The minimum Gasteiger partial charge on any atom is -0.451 e. The number of hydrogen-bond acceptors (Lipinski definition) is 13. The maximum atomic E-state index is 14.1. The summed E-state index contributed by atoms with van der Waals surface area (Å²) in [5.41, 5.74) is 3.28. The lowest BCUT2D eigenvalue weighted by atomic mass is 9.91. The molecule has 0 bridgehead atoms. The van der Waals surface area contributed by atoms with Crippen LogP contribution in [0.2, 0.25) is 0 Å². The predicted octanol–water partition coefficient (Wildman–Crippen LogP) is 6.62. The van der Waals surface area contributed by atoms with Crippen molar-refractivity contribution in [2.24, 2.45) is 0 Å². The number of amides is 1. The molecule has 16 heteroatoms. The zero-order chi connectivity index (χ0) is 44.5. The molecule has 2 N–H and O–H groups in total. The van der Waals surface area contributed by atoms with Gasteiger partial charge in [-0.2, -0.15) is 5.10 Å². The molecule has 4 atom stereocenters. The molecule has 65 heavy (non-hydrogen) atoms. The summed E-state index contributed by atoms with van der Waals surface area (Å²) in [6.07, 6.45) is 1.67. The minimum absolute atomic E-state index is 0.0949. The van der Waals surface area contributed by atoms with Gasteiger partial charge in [0, 0.05) is 32.1 Å². The third-order valence-corrected chi connectivity index (χ3v) is 11.8. The van der Waals surface area contributed by atoms with Crippen LogP contribution < -0.4 is 10.6 Å². The van der Waals surface area contributed by atoms with Crippen molar-refractivity contribution in [3.63, 3.8) is 0 Å². The summed E-state index contributed by atoms with van der Waals surface area (Å²) in [6, 6.07) is 37.3. The second-order valence-corrected chi connectivity index (χ2v) is 16.0. The quantitative estimate of drug-likeness (QED) is 0.0991. The number of nitrogens with zero attached hydrogens (tertiary/aromatic N) is 8. The third kappa shape index (κ3) is 9.78. The van der Waals surface area contributed by atoms with E-state index < -0.39 is 42.4 Å². The Kier molecular flexibility index (Phi) is 13.2. The van der Waals surface area contributed by atoms with E-state index >= 15 is 0 Å². The number of hydrogen-bond donors (Lipinski definition) is 2. The molecule has 2 saturated heterocycles. The van der Waals surface area contributed by atoms with E-state index in [4.69, 9.17) is 29.2 Å². The topological polar surface area (TPSA) is 181 Å². The molecule has 2 aliphatic rings. The number of likely N-dealkylation sites (tertiary alicyclic amines) is 1. The SMILES string of the molecule is CCn1cnc(C2OC(n3cnc4c(NCC(c5ccccc5)c5ccccc5)nc(C(=O)NCCN5CCCCC5)nc43)C(OC(=O)c3ccccc3)C2OC(=O)c2ccccc2)n1. The number of fused-ring (bicyclic) bond motifs is 1. The zero-order valence-electron chi connectivity index (χ0n) is 36.0.